The van der Waals surface area contributed by atoms with E-state index in [-0.39, 0.29) is 18.0 Å². The third-order valence-corrected chi connectivity index (χ3v) is 6.01. The average Bonchev–Trinajstić information content (AvgIpc) is 3.15. The lowest BCUT2D eigenvalue weighted by atomic mass is 10.2. The average molecular weight is 490 g/mol. The molecule has 0 fully saturated rings. The van der Waals surface area contributed by atoms with Crippen molar-refractivity contribution in [2.75, 3.05) is 25.0 Å². The lowest BCUT2D eigenvalue weighted by Gasteiger charge is -2.18. The van der Waals surface area contributed by atoms with Gasteiger partial charge < -0.3 is 14.6 Å². The van der Waals surface area contributed by atoms with Gasteiger partial charge in [-0.1, -0.05) is 19.9 Å². The van der Waals surface area contributed by atoms with Gasteiger partial charge in [0.2, 0.25) is 5.95 Å². The second-order valence-corrected chi connectivity index (χ2v) is 8.92. The molecule has 4 aromatic rings. The van der Waals surface area contributed by atoms with Gasteiger partial charge in [-0.25, -0.2) is 9.37 Å². The number of halogens is 1. The third-order valence-electron chi connectivity index (χ3n) is 6.01. The summed E-state index contributed by atoms with van der Waals surface area (Å²) in [5.41, 5.74) is 3.60. The van der Waals surface area contributed by atoms with Crippen molar-refractivity contribution >= 4 is 28.5 Å². The van der Waals surface area contributed by atoms with Crippen LogP contribution in [0.2, 0.25) is 0 Å². The smallest absolute Gasteiger partial charge is 0.208 e. The van der Waals surface area contributed by atoms with E-state index < -0.39 is 0 Å². The highest BCUT2D eigenvalue weighted by Crippen LogP contribution is 2.29. The molecule has 2 aromatic heterocycles. The summed E-state index contributed by atoms with van der Waals surface area (Å²) in [5, 5.41) is 3.08. The Morgan fingerprint density at radius 1 is 1.11 bits per heavy atom. The standard InChI is InChI=1S/C28H32FN5O2/c1-5-13-34(6-2)18-21(35)15-20-16-23(11-12-30-20)36-22-8-10-27-26(17-22)32-28(33(27)4)31-25-14-19(3)7-9-24(25)29/h7-12,14,16-17H,5-6,13,15,18H2,1-4H3,(H,31,32). The minimum absolute atomic E-state index is 0.134. The molecule has 0 saturated heterocycles. The maximum absolute atomic E-state index is 14.2. The Morgan fingerprint density at radius 2 is 1.92 bits per heavy atom. The molecule has 0 unspecified atom stereocenters. The molecule has 36 heavy (non-hydrogen) atoms. The van der Waals surface area contributed by atoms with E-state index in [0.29, 0.717) is 40.9 Å². The van der Waals surface area contributed by atoms with E-state index in [9.17, 15) is 9.18 Å². The van der Waals surface area contributed by atoms with Crippen LogP contribution in [0.15, 0.2) is 54.7 Å². The monoisotopic (exact) mass is 489 g/mol. The van der Waals surface area contributed by atoms with Crippen molar-refractivity contribution in [3.05, 3.63) is 71.8 Å². The number of hydrogen-bond donors (Lipinski definition) is 1. The molecule has 8 heteroatoms. The molecule has 0 bridgehead atoms. The molecule has 0 spiro atoms. The van der Waals surface area contributed by atoms with Gasteiger partial charge in [0.25, 0.3) is 0 Å². The first-order valence-corrected chi connectivity index (χ1v) is 12.2. The Kier molecular flexibility index (Phi) is 7.95. The van der Waals surface area contributed by atoms with Crippen molar-refractivity contribution in [1.29, 1.82) is 0 Å². The number of aromatic nitrogens is 3. The van der Waals surface area contributed by atoms with Gasteiger partial charge in [-0.15, -0.1) is 0 Å². The number of carbonyl (C=O) groups excluding carboxylic acids is 1. The van der Waals surface area contributed by atoms with Crippen LogP contribution in [0.25, 0.3) is 11.0 Å². The molecule has 0 radical (unpaired) electrons. The quantitative estimate of drug-likeness (QED) is 0.287. The van der Waals surface area contributed by atoms with Crippen molar-refractivity contribution in [2.24, 2.45) is 7.05 Å². The largest absolute Gasteiger partial charge is 0.457 e. The number of benzene rings is 2. The zero-order chi connectivity index (χ0) is 25.7. The number of rotatable bonds is 11. The topological polar surface area (TPSA) is 72.3 Å². The van der Waals surface area contributed by atoms with Crippen LogP contribution in [0.4, 0.5) is 16.0 Å². The molecule has 7 nitrogen and oxygen atoms in total. The highest BCUT2D eigenvalue weighted by molar-refractivity contribution is 5.83. The molecular weight excluding hydrogens is 457 g/mol. The number of imidazole rings is 1. The Balaban J connectivity index is 1.48. The molecular formula is C28H32FN5O2. The van der Waals surface area contributed by atoms with E-state index >= 15 is 0 Å². The molecule has 2 aromatic carbocycles. The first-order valence-electron chi connectivity index (χ1n) is 12.2. The number of likely N-dealkylation sites (N-methyl/N-ethyl adjacent to an activating group) is 1. The number of hydrogen-bond acceptors (Lipinski definition) is 6. The molecule has 0 aliphatic rings. The van der Waals surface area contributed by atoms with Gasteiger partial charge in [-0.2, -0.15) is 0 Å². The maximum Gasteiger partial charge on any atom is 0.208 e. The van der Waals surface area contributed by atoms with E-state index in [1.807, 2.05) is 36.7 Å². The summed E-state index contributed by atoms with van der Waals surface area (Å²) in [4.78, 5) is 23.6. The molecule has 188 valence electrons. The predicted octanol–water partition coefficient (Wildman–Crippen LogP) is 5.80. The molecule has 0 amide bonds. The van der Waals surface area contributed by atoms with Crippen LogP contribution >= 0.6 is 0 Å². The number of nitrogens with one attached hydrogen (secondary N) is 1. The molecule has 0 saturated carbocycles. The van der Waals surface area contributed by atoms with Gasteiger partial charge in [0.05, 0.1) is 35.4 Å². The van der Waals surface area contributed by atoms with Gasteiger partial charge >= 0.3 is 0 Å². The lowest BCUT2D eigenvalue weighted by molar-refractivity contribution is -0.119. The van der Waals surface area contributed by atoms with E-state index in [4.69, 9.17) is 4.74 Å². The van der Waals surface area contributed by atoms with Gasteiger partial charge in [0.1, 0.15) is 17.3 Å². The Morgan fingerprint density at radius 3 is 2.69 bits per heavy atom. The zero-order valence-electron chi connectivity index (χ0n) is 21.2. The summed E-state index contributed by atoms with van der Waals surface area (Å²) in [5.74, 6) is 1.54. The molecule has 0 atom stereocenters. The van der Waals surface area contributed by atoms with Crippen LogP contribution in [0, 0.1) is 12.7 Å². The first kappa shape index (κ1) is 25.3. The van der Waals surface area contributed by atoms with E-state index in [1.54, 1.807) is 30.5 Å². The number of aryl methyl sites for hydroxylation is 2. The molecule has 1 N–H and O–H groups in total. The number of fused-ring (bicyclic) bond motifs is 1. The van der Waals surface area contributed by atoms with E-state index in [0.717, 1.165) is 30.6 Å². The van der Waals surface area contributed by atoms with Crippen molar-refractivity contribution in [3.8, 4) is 11.5 Å². The lowest BCUT2D eigenvalue weighted by Crippen LogP contribution is -2.31. The van der Waals surface area contributed by atoms with Crippen LogP contribution in [0.3, 0.4) is 0 Å². The fraction of sp³-hybridized carbons (Fsp3) is 0.321. The number of nitrogens with zero attached hydrogens (tertiary/aromatic N) is 4. The minimum atomic E-state index is -0.337. The molecule has 4 rings (SSSR count). The van der Waals surface area contributed by atoms with Crippen LogP contribution in [0.5, 0.6) is 11.5 Å². The van der Waals surface area contributed by atoms with Crippen molar-refractivity contribution in [3.63, 3.8) is 0 Å². The summed E-state index contributed by atoms with van der Waals surface area (Å²) >= 11 is 0. The number of carbonyl (C=O) groups is 1. The minimum Gasteiger partial charge on any atom is -0.457 e. The van der Waals surface area contributed by atoms with Gasteiger partial charge in [0.15, 0.2) is 5.78 Å². The Labute approximate surface area is 210 Å². The predicted molar refractivity (Wildman–Crippen MR) is 141 cm³/mol. The fourth-order valence-electron chi connectivity index (χ4n) is 4.14. The highest BCUT2D eigenvalue weighted by Gasteiger charge is 2.13. The van der Waals surface area contributed by atoms with Crippen LogP contribution in [0.1, 0.15) is 31.5 Å². The molecule has 2 heterocycles. The fourth-order valence-corrected chi connectivity index (χ4v) is 4.14. The summed E-state index contributed by atoms with van der Waals surface area (Å²) in [6.45, 7) is 8.27. The van der Waals surface area contributed by atoms with Crippen LogP contribution in [-0.2, 0) is 18.3 Å². The second-order valence-electron chi connectivity index (χ2n) is 8.92. The van der Waals surface area contributed by atoms with Crippen LogP contribution in [-0.4, -0.2) is 44.9 Å². The number of ketones is 1. The van der Waals surface area contributed by atoms with Gasteiger partial charge in [0, 0.05) is 25.4 Å². The number of pyridine rings is 1. The SMILES string of the molecule is CCCN(CC)CC(=O)Cc1cc(Oc2ccc3c(c2)nc(Nc2cc(C)ccc2F)n3C)ccn1. The summed E-state index contributed by atoms with van der Waals surface area (Å²) in [6.07, 6.45) is 2.93. The van der Waals surface area contributed by atoms with Crippen molar-refractivity contribution < 1.29 is 13.9 Å². The summed E-state index contributed by atoms with van der Waals surface area (Å²) in [7, 11) is 1.87. The molecule has 0 aliphatic heterocycles. The Bertz CT molecular complexity index is 1370. The van der Waals surface area contributed by atoms with E-state index in [1.165, 1.54) is 6.07 Å². The zero-order valence-corrected chi connectivity index (χ0v) is 21.2. The Hall–Kier alpha value is -3.78. The number of ether oxygens (including phenoxy) is 1. The first-order chi connectivity index (χ1) is 17.4. The second kappa shape index (κ2) is 11.3. The number of anilines is 2. The van der Waals surface area contributed by atoms with E-state index in [2.05, 4.69) is 34.0 Å². The molecule has 0 aliphatic carbocycles. The summed E-state index contributed by atoms with van der Waals surface area (Å²) < 4.78 is 22.2. The van der Waals surface area contributed by atoms with Crippen molar-refractivity contribution in [2.45, 2.75) is 33.6 Å². The third kappa shape index (κ3) is 6.07. The normalized spacial score (nSPS) is 11.3. The maximum atomic E-state index is 14.2. The number of Topliss-reactive ketones (excluding diaryl/α,β-unsaturated/α-hetero) is 1. The van der Waals surface area contributed by atoms with Gasteiger partial charge in [-0.05, 0) is 62.3 Å². The van der Waals surface area contributed by atoms with Gasteiger partial charge in [-0.3, -0.25) is 14.7 Å². The highest BCUT2D eigenvalue weighted by atomic mass is 19.1. The van der Waals surface area contributed by atoms with Crippen LogP contribution < -0.4 is 10.1 Å². The van der Waals surface area contributed by atoms with Crippen molar-refractivity contribution in [1.82, 2.24) is 19.4 Å². The summed E-state index contributed by atoms with van der Waals surface area (Å²) in [6, 6.07) is 14.1.